The van der Waals surface area contributed by atoms with Gasteiger partial charge in [-0.25, -0.2) is 4.79 Å². The lowest BCUT2D eigenvalue weighted by Crippen LogP contribution is -2.47. The standard InChI is InChI=1S/C15H20N4O6/c1-10(2)18(9-14(21)22)13(20)8-17-15(23)16-7-11-3-5-12(6-4-11)19(24)25/h3-6,10H,7-9H2,1-2H3,(H,21,22)(H2,16,17,23). The lowest BCUT2D eigenvalue weighted by atomic mass is 10.2. The van der Waals surface area contributed by atoms with Gasteiger partial charge in [-0.2, -0.15) is 0 Å². The van der Waals surface area contributed by atoms with E-state index in [9.17, 15) is 24.5 Å². The average molecular weight is 352 g/mol. The van der Waals surface area contributed by atoms with Gasteiger partial charge in [0, 0.05) is 24.7 Å². The molecule has 0 radical (unpaired) electrons. The van der Waals surface area contributed by atoms with E-state index in [-0.39, 0.29) is 24.8 Å². The smallest absolute Gasteiger partial charge is 0.323 e. The number of aliphatic carboxylic acids is 1. The van der Waals surface area contributed by atoms with Crippen molar-refractivity contribution in [2.24, 2.45) is 0 Å². The number of nitrogens with zero attached hydrogens (tertiary/aromatic N) is 2. The minimum Gasteiger partial charge on any atom is -0.480 e. The molecule has 0 aromatic heterocycles. The summed E-state index contributed by atoms with van der Waals surface area (Å²) in [7, 11) is 0. The average Bonchev–Trinajstić information content (AvgIpc) is 2.55. The minimum absolute atomic E-state index is 0.0500. The highest BCUT2D eigenvalue weighted by Gasteiger charge is 2.20. The maximum absolute atomic E-state index is 12.0. The molecule has 0 saturated carbocycles. The molecule has 0 aliphatic heterocycles. The summed E-state index contributed by atoms with van der Waals surface area (Å²) in [5, 5.41) is 24.2. The third-order valence-corrected chi connectivity index (χ3v) is 3.25. The molecule has 25 heavy (non-hydrogen) atoms. The van der Waals surface area contributed by atoms with Crippen LogP contribution in [0.15, 0.2) is 24.3 Å². The molecule has 3 amide bonds. The highest BCUT2D eigenvalue weighted by Crippen LogP contribution is 2.11. The second kappa shape index (κ2) is 9.21. The van der Waals surface area contributed by atoms with Crippen molar-refractivity contribution in [3.05, 3.63) is 39.9 Å². The number of rotatable bonds is 8. The van der Waals surface area contributed by atoms with Gasteiger partial charge >= 0.3 is 12.0 Å². The van der Waals surface area contributed by atoms with E-state index in [1.165, 1.54) is 24.3 Å². The van der Waals surface area contributed by atoms with E-state index in [1.807, 2.05) is 0 Å². The summed E-state index contributed by atoms with van der Waals surface area (Å²) >= 11 is 0. The lowest BCUT2D eigenvalue weighted by Gasteiger charge is -2.24. The predicted molar refractivity (Wildman–Crippen MR) is 87.8 cm³/mol. The number of benzene rings is 1. The Hall–Kier alpha value is -3.17. The van der Waals surface area contributed by atoms with Gasteiger partial charge in [0.05, 0.1) is 11.5 Å². The third kappa shape index (κ3) is 6.85. The molecule has 0 bridgehead atoms. The highest BCUT2D eigenvalue weighted by molar-refractivity contribution is 5.86. The number of nitro groups is 1. The summed E-state index contributed by atoms with van der Waals surface area (Å²) in [6, 6.07) is 4.75. The zero-order chi connectivity index (χ0) is 19.0. The minimum atomic E-state index is -1.13. The van der Waals surface area contributed by atoms with Crippen LogP contribution >= 0.6 is 0 Å². The third-order valence-electron chi connectivity index (χ3n) is 3.25. The Labute approximate surface area is 144 Å². The number of hydrogen-bond donors (Lipinski definition) is 3. The molecule has 0 aliphatic rings. The molecule has 0 spiro atoms. The highest BCUT2D eigenvalue weighted by atomic mass is 16.6. The van der Waals surface area contributed by atoms with Gasteiger partial charge in [0.1, 0.15) is 6.54 Å². The van der Waals surface area contributed by atoms with E-state index in [4.69, 9.17) is 5.11 Å². The van der Waals surface area contributed by atoms with Crippen molar-refractivity contribution >= 4 is 23.6 Å². The summed E-state index contributed by atoms with van der Waals surface area (Å²) < 4.78 is 0. The quantitative estimate of drug-likeness (QED) is 0.465. The number of urea groups is 1. The zero-order valence-electron chi connectivity index (χ0n) is 13.9. The number of nitrogens with one attached hydrogen (secondary N) is 2. The second-order valence-corrected chi connectivity index (χ2v) is 5.47. The van der Waals surface area contributed by atoms with Gasteiger partial charge in [-0.3, -0.25) is 19.7 Å². The van der Waals surface area contributed by atoms with Crippen LogP contribution in [-0.4, -0.2) is 52.0 Å². The number of non-ortho nitro benzene ring substituents is 1. The first-order chi connectivity index (χ1) is 11.7. The number of amides is 3. The number of carbonyl (C=O) groups is 3. The first kappa shape index (κ1) is 19.9. The Morgan fingerprint density at radius 2 is 1.80 bits per heavy atom. The fourth-order valence-corrected chi connectivity index (χ4v) is 1.94. The number of carbonyl (C=O) groups excluding carboxylic acids is 2. The van der Waals surface area contributed by atoms with Crippen LogP contribution in [0.5, 0.6) is 0 Å². The van der Waals surface area contributed by atoms with Crippen LogP contribution in [0.2, 0.25) is 0 Å². The van der Waals surface area contributed by atoms with Gasteiger partial charge in [0.15, 0.2) is 0 Å². The molecule has 10 nitrogen and oxygen atoms in total. The zero-order valence-corrected chi connectivity index (χ0v) is 13.9. The molecule has 1 aromatic rings. The summed E-state index contributed by atoms with van der Waals surface area (Å²) in [6.45, 7) is 2.70. The van der Waals surface area contributed by atoms with Crippen LogP contribution < -0.4 is 10.6 Å². The Balaban J connectivity index is 2.44. The maximum atomic E-state index is 12.0. The van der Waals surface area contributed by atoms with Crippen LogP contribution in [0.3, 0.4) is 0 Å². The summed E-state index contributed by atoms with van der Waals surface area (Å²) in [5.74, 6) is -1.65. The number of carboxylic acids is 1. The van der Waals surface area contributed by atoms with Crippen molar-refractivity contribution in [3.63, 3.8) is 0 Å². The van der Waals surface area contributed by atoms with Crippen LogP contribution in [0.25, 0.3) is 0 Å². The van der Waals surface area contributed by atoms with Crippen molar-refractivity contribution in [1.82, 2.24) is 15.5 Å². The van der Waals surface area contributed by atoms with E-state index < -0.39 is 29.4 Å². The topological polar surface area (TPSA) is 142 Å². The SMILES string of the molecule is CC(C)N(CC(=O)O)C(=O)CNC(=O)NCc1ccc([N+](=O)[O-])cc1. The molecule has 0 fully saturated rings. The van der Waals surface area contributed by atoms with Gasteiger partial charge in [0.2, 0.25) is 5.91 Å². The molecular formula is C15H20N4O6. The first-order valence-corrected chi connectivity index (χ1v) is 7.47. The monoisotopic (exact) mass is 352 g/mol. The normalized spacial score (nSPS) is 10.2. The maximum Gasteiger partial charge on any atom is 0.323 e. The lowest BCUT2D eigenvalue weighted by molar-refractivity contribution is -0.384. The van der Waals surface area contributed by atoms with Crippen LogP contribution in [-0.2, 0) is 16.1 Å². The fraction of sp³-hybridized carbons (Fsp3) is 0.400. The number of nitro benzene ring substituents is 1. The van der Waals surface area contributed by atoms with Crippen molar-refractivity contribution in [3.8, 4) is 0 Å². The molecule has 0 atom stereocenters. The molecule has 136 valence electrons. The van der Waals surface area contributed by atoms with Gasteiger partial charge in [-0.1, -0.05) is 12.1 Å². The van der Waals surface area contributed by atoms with Gasteiger partial charge in [-0.05, 0) is 19.4 Å². The summed E-state index contributed by atoms with van der Waals surface area (Å²) in [5.41, 5.74) is 0.604. The predicted octanol–water partition coefficient (Wildman–Crippen LogP) is 0.716. The molecule has 0 unspecified atom stereocenters. The molecular weight excluding hydrogens is 332 g/mol. The molecule has 10 heteroatoms. The van der Waals surface area contributed by atoms with E-state index >= 15 is 0 Å². The Morgan fingerprint density at radius 1 is 1.20 bits per heavy atom. The van der Waals surface area contributed by atoms with E-state index in [1.54, 1.807) is 13.8 Å². The molecule has 0 saturated heterocycles. The number of carboxylic acid groups (broad SMARTS) is 1. The van der Waals surface area contributed by atoms with E-state index in [0.29, 0.717) is 5.56 Å². The fourth-order valence-electron chi connectivity index (χ4n) is 1.94. The van der Waals surface area contributed by atoms with Crippen LogP contribution in [0.4, 0.5) is 10.5 Å². The Kier molecular flexibility index (Phi) is 7.32. The Morgan fingerprint density at radius 3 is 2.28 bits per heavy atom. The molecule has 1 aromatic carbocycles. The molecule has 3 N–H and O–H groups in total. The summed E-state index contributed by atoms with van der Waals surface area (Å²) in [4.78, 5) is 45.6. The summed E-state index contributed by atoms with van der Waals surface area (Å²) in [6.07, 6.45) is 0. The number of hydrogen-bond acceptors (Lipinski definition) is 5. The second-order valence-electron chi connectivity index (χ2n) is 5.47. The molecule has 1 rings (SSSR count). The Bertz CT molecular complexity index is 644. The van der Waals surface area contributed by atoms with Gasteiger partial charge in [-0.15, -0.1) is 0 Å². The van der Waals surface area contributed by atoms with Crippen LogP contribution in [0, 0.1) is 10.1 Å². The van der Waals surface area contributed by atoms with E-state index in [2.05, 4.69) is 10.6 Å². The largest absolute Gasteiger partial charge is 0.480 e. The van der Waals surface area contributed by atoms with Gasteiger partial charge < -0.3 is 20.6 Å². The van der Waals surface area contributed by atoms with Crippen LogP contribution in [0.1, 0.15) is 19.4 Å². The first-order valence-electron chi connectivity index (χ1n) is 7.47. The van der Waals surface area contributed by atoms with Gasteiger partial charge in [0.25, 0.3) is 5.69 Å². The van der Waals surface area contributed by atoms with Crippen molar-refractivity contribution in [1.29, 1.82) is 0 Å². The molecule has 0 aliphatic carbocycles. The van der Waals surface area contributed by atoms with E-state index in [0.717, 1.165) is 4.90 Å². The molecule has 0 heterocycles. The van der Waals surface area contributed by atoms with Crippen molar-refractivity contribution in [2.75, 3.05) is 13.1 Å². The van der Waals surface area contributed by atoms with Crippen molar-refractivity contribution in [2.45, 2.75) is 26.4 Å². The van der Waals surface area contributed by atoms with Crippen molar-refractivity contribution < 1.29 is 24.4 Å².